The van der Waals surface area contributed by atoms with E-state index in [1.807, 2.05) is 13.8 Å². The largest absolute Gasteiger partial charge is 0.437 e. The van der Waals surface area contributed by atoms with E-state index in [9.17, 15) is 0 Å². The quantitative estimate of drug-likeness (QED) is 0.515. The molecule has 1 N–H and O–H groups in total. The number of nitrogens with zero attached hydrogens (tertiary/aromatic N) is 3. The summed E-state index contributed by atoms with van der Waals surface area (Å²) in [5.74, 6) is 2.48. The minimum absolute atomic E-state index is 0.693. The highest BCUT2D eigenvalue weighted by Gasteiger charge is 2.14. The highest BCUT2D eigenvalue weighted by molar-refractivity contribution is 7.98. The first kappa shape index (κ1) is 20.0. The molecule has 2 aromatic heterocycles. The van der Waals surface area contributed by atoms with Crippen LogP contribution in [0.5, 0.6) is 0 Å². The molecule has 0 saturated carbocycles. The minimum atomic E-state index is 0.693. The van der Waals surface area contributed by atoms with Crippen LogP contribution in [0.15, 0.2) is 21.8 Å². The zero-order valence-electron chi connectivity index (χ0n) is 16.3. The third-order valence-corrected chi connectivity index (χ3v) is 5.28. The monoisotopic (exact) mass is 392 g/mol. The first-order chi connectivity index (χ1) is 13.2. The van der Waals surface area contributed by atoms with Crippen molar-refractivity contribution in [2.75, 3.05) is 56.8 Å². The lowest BCUT2D eigenvalue weighted by atomic mass is 10.2. The highest BCUT2D eigenvalue weighted by atomic mass is 32.2. The molecule has 7 nitrogen and oxygen atoms in total. The van der Waals surface area contributed by atoms with E-state index in [1.165, 1.54) is 5.69 Å². The average Bonchev–Trinajstić information content (AvgIpc) is 3.02. The average molecular weight is 393 g/mol. The number of hydrogen-bond donors (Lipinski definition) is 1. The number of aromatic nitrogens is 2. The zero-order valence-corrected chi connectivity index (χ0v) is 17.1. The van der Waals surface area contributed by atoms with Gasteiger partial charge in [-0.1, -0.05) is 11.8 Å². The molecule has 148 valence electrons. The van der Waals surface area contributed by atoms with E-state index in [-0.39, 0.29) is 0 Å². The number of methoxy groups -OCH3 is 1. The fourth-order valence-electron chi connectivity index (χ4n) is 2.81. The van der Waals surface area contributed by atoms with Gasteiger partial charge < -0.3 is 24.1 Å². The number of oxazole rings is 1. The molecule has 0 spiro atoms. The molecular formula is C19H28N4O3S. The van der Waals surface area contributed by atoms with Gasteiger partial charge in [0.05, 0.1) is 24.6 Å². The molecule has 0 bridgehead atoms. The maximum Gasteiger partial charge on any atom is 0.256 e. The predicted octanol–water partition coefficient (Wildman–Crippen LogP) is 3.26. The van der Waals surface area contributed by atoms with E-state index in [0.29, 0.717) is 11.0 Å². The Hall–Kier alpha value is -1.77. The van der Waals surface area contributed by atoms with E-state index in [1.54, 1.807) is 18.9 Å². The first-order valence-corrected chi connectivity index (χ1v) is 10.3. The van der Waals surface area contributed by atoms with Crippen LogP contribution in [0.2, 0.25) is 0 Å². The van der Waals surface area contributed by atoms with Crippen molar-refractivity contribution in [2.24, 2.45) is 0 Å². The van der Waals surface area contributed by atoms with Crippen molar-refractivity contribution in [1.82, 2.24) is 9.97 Å². The molecule has 0 aliphatic carbocycles. The van der Waals surface area contributed by atoms with Gasteiger partial charge in [-0.3, -0.25) is 0 Å². The maximum atomic E-state index is 5.67. The Morgan fingerprint density at radius 3 is 2.74 bits per heavy atom. The second kappa shape index (κ2) is 9.96. The van der Waals surface area contributed by atoms with Crippen LogP contribution in [0.4, 0.5) is 11.5 Å². The lowest BCUT2D eigenvalue weighted by Gasteiger charge is -2.29. The van der Waals surface area contributed by atoms with Crippen LogP contribution in [0, 0.1) is 13.8 Å². The van der Waals surface area contributed by atoms with Gasteiger partial charge in [-0.15, -0.1) is 0 Å². The molecule has 0 unspecified atom stereocenters. The van der Waals surface area contributed by atoms with Crippen molar-refractivity contribution in [3.63, 3.8) is 0 Å². The molecular weight excluding hydrogens is 364 g/mol. The van der Waals surface area contributed by atoms with E-state index < -0.39 is 0 Å². The number of hydrogen-bond acceptors (Lipinski definition) is 8. The van der Waals surface area contributed by atoms with Gasteiger partial charge in [0, 0.05) is 50.9 Å². The van der Waals surface area contributed by atoms with Crippen LogP contribution in [0.25, 0.3) is 0 Å². The van der Waals surface area contributed by atoms with Gasteiger partial charge in [0.2, 0.25) is 0 Å². The molecule has 8 heteroatoms. The number of pyridine rings is 1. The number of ether oxygens (including phenoxy) is 2. The molecule has 0 radical (unpaired) electrons. The van der Waals surface area contributed by atoms with Crippen molar-refractivity contribution >= 4 is 23.3 Å². The summed E-state index contributed by atoms with van der Waals surface area (Å²) in [6.45, 7) is 8.79. The van der Waals surface area contributed by atoms with E-state index in [2.05, 4.69) is 27.3 Å². The number of aryl methyl sites for hydroxylation is 2. The number of morpholine rings is 1. The van der Waals surface area contributed by atoms with Crippen LogP contribution >= 0.6 is 11.8 Å². The lowest BCUT2D eigenvalue weighted by Crippen LogP contribution is -2.36. The van der Waals surface area contributed by atoms with E-state index >= 15 is 0 Å². The van der Waals surface area contributed by atoms with Gasteiger partial charge >= 0.3 is 0 Å². The summed E-state index contributed by atoms with van der Waals surface area (Å²) in [5.41, 5.74) is 3.12. The summed E-state index contributed by atoms with van der Waals surface area (Å²) in [6.07, 6.45) is 0.943. The summed E-state index contributed by atoms with van der Waals surface area (Å²) in [4.78, 5) is 11.6. The smallest absolute Gasteiger partial charge is 0.256 e. The molecule has 0 aromatic carbocycles. The van der Waals surface area contributed by atoms with Gasteiger partial charge in [-0.2, -0.15) is 0 Å². The van der Waals surface area contributed by atoms with Gasteiger partial charge in [0.25, 0.3) is 5.22 Å². The molecule has 1 fully saturated rings. The Kier molecular flexibility index (Phi) is 7.37. The van der Waals surface area contributed by atoms with Crippen molar-refractivity contribution < 1.29 is 13.9 Å². The second-order valence-corrected chi connectivity index (χ2v) is 7.41. The Morgan fingerprint density at radius 1 is 1.22 bits per heavy atom. The molecule has 3 rings (SSSR count). The van der Waals surface area contributed by atoms with Gasteiger partial charge in [0.1, 0.15) is 11.6 Å². The summed E-state index contributed by atoms with van der Waals surface area (Å²) >= 11 is 1.57. The third kappa shape index (κ3) is 5.85. The Labute approximate surface area is 164 Å². The summed E-state index contributed by atoms with van der Waals surface area (Å²) in [5, 5.41) is 4.11. The van der Waals surface area contributed by atoms with Crippen LogP contribution in [-0.2, 0) is 15.2 Å². The second-order valence-electron chi connectivity index (χ2n) is 6.48. The molecule has 1 aliphatic heterocycles. The number of thioether (sulfide) groups is 1. The molecule has 2 aromatic rings. The van der Waals surface area contributed by atoms with Gasteiger partial charge in [-0.25, -0.2) is 9.97 Å². The molecule has 1 saturated heterocycles. The number of rotatable bonds is 9. The number of anilines is 2. The van der Waals surface area contributed by atoms with Crippen molar-refractivity contribution in [3.05, 3.63) is 29.3 Å². The fourth-order valence-corrected chi connectivity index (χ4v) is 3.62. The fraction of sp³-hybridized carbons (Fsp3) is 0.579. The molecule has 1 aliphatic rings. The molecule has 3 heterocycles. The molecule has 0 atom stereocenters. The first-order valence-electron chi connectivity index (χ1n) is 9.29. The minimum Gasteiger partial charge on any atom is -0.437 e. The van der Waals surface area contributed by atoms with Crippen molar-refractivity contribution in [2.45, 2.75) is 31.2 Å². The van der Waals surface area contributed by atoms with Gasteiger partial charge in [-0.05, 0) is 26.3 Å². The normalized spacial score (nSPS) is 14.6. The van der Waals surface area contributed by atoms with E-state index in [4.69, 9.17) is 18.9 Å². The van der Waals surface area contributed by atoms with Crippen LogP contribution in [-0.4, -0.2) is 56.5 Å². The van der Waals surface area contributed by atoms with E-state index in [0.717, 1.165) is 68.8 Å². The summed E-state index contributed by atoms with van der Waals surface area (Å²) in [6, 6.07) is 4.27. The predicted molar refractivity (Wildman–Crippen MR) is 108 cm³/mol. The molecule has 27 heavy (non-hydrogen) atoms. The summed E-state index contributed by atoms with van der Waals surface area (Å²) in [7, 11) is 1.72. The topological polar surface area (TPSA) is 72.7 Å². The maximum absolute atomic E-state index is 5.67. The lowest BCUT2D eigenvalue weighted by molar-refractivity contribution is 0.122. The van der Waals surface area contributed by atoms with Crippen LogP contribution < -0.4 is 10.2 Å². The highest BCUT2D eigenvalue weighted by Crippen LogP contribution is 2.27. The summed E-state index contributed by atoms with van der Waals surface area (Å²) < 4.78 is 16.3. The van der Waals surface area contributed by atoms with Crippen LogP contribution in [0.1, 0.15) is 23.6 Å². The van der Waals surface area contributed by atoms with Crippen molar-refractivity contribution in [1.29, 1.82) is 0 Å². The Morgan fingerprint density at radius 2 is 2.04 bits per heavy atom. The SMILES string of the molecule is COCCCNc1cc(N2CCOCC2)cc(CSc2nc(C)c(C)o2)n1. The zero-order chi connectivity index (χ0) is 19.1. The van der Waals surface area contributed by atoms with Crippen LogP contribution in [0.3, 0.4) is 0 Å². The standard InChI is InChI=1S/C19H28N4O3S/c1-14-15(2)26-19(21-14)27-13-16-11-17(23-6-9-25-10-7-23)12-18(22-16)20-5-4-8-24-3/h11-12H,4-10,13H2,1-3H3,(H,20,22). The van der Waals surface area contributed by atoms with Crippen molar-refractivity contribution in [3.8, 4) is 0 Å². The third-order valence-electron chi connectivity index (χ3n) is 4.42. The molecule has 0 amide bonds. The Bertz CT molecular complexity index is 712. The number of nitrogens with one attached hydrogen (secondary N) is 1. The van der Waals surface area contributed by atoms with Gasteiger partial charge in [0.15, 0.2) is 0 Å². The Balaban J connectivity index is 1.71.